The lowest BCUT2D eigenvalue weighted by Gasteiger charge is -2.14. The maximum absolute atomic E-state index is 12.0. The Kier molecular flexibility index (Phi) is 3.78. The summed E-state index contributed by atoms with van der Waals surface area (Å²) < 4.78 is -0.990. The number of anilines is 1. The minimum absolute atomic E-state index is 0.242. The van der Waals surface area contributed by atoms with Gasteiger partial charge in [-0.3, -0.25) is 4.79 Å². The molecule has 0 saturated heterocycles. The second kappa shape index (κ2) is 4.93. The van der Waals surface area contributed by atoms with E-state index < -0.39 is 9.75 Å². The van der Waals surface area contributed by atoms with Gasteiger partial charge in [-0.1, -0.05) is 17.7 Å². The molecule has 1 aromatic rings. The van der Waals surface area contributed by atoms with Crippen LogP contribution in [-0.2, 0) is 4.79 Å². The van der Waals surface area contributed by atoms with Gasteiger partial charge in [-0.2, -0.15) is 0 Å². The Morgan fingerprint density at radius 3 is 2.32 bits per heavy atom. The quantitative estimate of drug-likeness (QED) is 0.649. The molecule has 19 heavy (non-hydrogen) atoms. The molecule has 0 spiro atoms. The lowest BCUT2D eigenvalue weighted by atomic mass is 10.1. The zero-order valence-corrected chi connectivity index (χ0v) is 12.9. The third kappa shape index (κ3) is 3.02. The topological polar surface area (TPSA) is 41.1 Å². The zero-order valence-electron chi connectivity index (χ0n) is 10.6. The maximum Gasteiger partial charge on any atom is 0.235 e. The average molecular weight is 317 g/mol. The monoisotopic (exact) mass is 316 g/mol. The molecular formula is C13H14Cl2N2OS. The molecule has 0 radical (unpaired) electrons. The molecule has 2 rings (SSSR count). The van der Waals surface area contributed by atoms with Crippen LogP contribution in [0.1, 0.15) is 18.9 Å². The molecule has 2 N–H and O–H groups in total. The van der Waals surface area contributed by atoms with Crippen LogP contribution in [-0.4, -0.2) is 15.4 Å². The molecule has 1 aliphatic rings. The van der Waals surface area contributed by atoms with Gasteiger partial charge in [0.1, 0.15) is 4.33 Å². The Balaban J connectivity index is 1.92. The van der Waals surface area contributed by atoms with Gasteiger partial charge in [-0.15, -0.1) is 23.2 Å². The summed E-state index contributed by atoms with van der Waals surface area (Å²) in [5.41, 5.74) is 1.20. The molecule has 1 amide bonds. The van der Waals surface area contributed by atoms with Gasteiger partial charge in [0.15, 0.2) is 5.11 Å². The highest BCUT2D eigenvalue weighted by Gasteiger charge is 2.68. The number of thiocarbonyl (C=S) groups is 1. The number of hydrogen-bond acceptors (Lipinski definition) is 2. The SMILES string of the molecule is Cc1ccc(NC(=S)NC(=O)C2(C)CC2(Cl)Cl)cc1. The molecule has 0 heterocycles. The van der Waals surface area contributed by atoms with Crippen LogP contribution in [0.4, 0.5) is 5.69 Å². The van der Waals surface area contributed by atoms with Gasteiger partial charge < -0.3 is 10.6 Å². The maximum atomic E-state index is 12.0. The number of aryl methyl sites for hydroxylation is 1. The molecule has 0 bridgehead atoms. The molecule has 3 nitrogen and oxygen atoms in total. The van der Waals surface area contributed by atoms with Gasteiger partial charge in [-0.05, 0) is 44.6 Å². The fourth-order valence-corrected chi connectivity index (χ4v) is 2.60. The van der Waals surface area contributed by atoms with E-state index in [-0.39, 0.29) is 11.0 Å². The third-order valence-electron chi connectivity index (χ3n) is 3.30. The minimum atomic E-state index is -0.990. The van der Waals surface area contributed by atoms with Crippen molar-refractivity contribution in [2.24, 2.45) is 5.41 Å². The Morgan fingerprint density at radius 1 is 1.32 bits per heavy atom. The number of hydrogen-bond donors (Lipinski definition) is 2. The van der Waals surface area contributed by atoms with Gasteiger partial charge in [0.2, 0.25) is 5.91 Å². The predicted molar refractivity (Wildman–Crippen MR) is 82.7 cm³/mol. The summed E-state index contributed by atoms with van der Waals surface area (Å²) in [5, 5.41) is 5.80. The van der Waals surface area contributed by atoms with E-state index in [2.05, 4.69) is 10.6 Å². The number of halogens is 2. The van der Waals surface area contributed by atoms with Crippen LogP contribution in [0.3, 0.4) is 0 Å². The van der Waals surface area contributed by atoms with Crippen LogP contribution in [0.5, 0.6) is 0 Å². The Bertz CT molecular complexity index is 530. The summed E-state index contributed by atoms with van der Waals surface area (Å²) in [4.78, 5) is 12.0. The molecule has 1 saturated carbocycles. The van der Waals surface area contributed by atoms with Crippen LogP contribution < -0.4 is 10.6 Å². The number of rotatable bonds is 2. The van der Waals surface area contributed by atoms with Crippen molar-refractivity contribution in [1.82, 2.24) is 5.32 Å². The molecular weight excluding hydrogens is 303 g/mol. The molecule has 1 fully saturated rings. The number of nitrogens with one attached hydrogen (secondary N) is 2. The Hall–Kier alpha value is -0.840. The highest BCUT2D eigenvalue weighted by atomic mass is 35.5. The highest BCUT2D eigenvalue weighted by molar-refractivity contribution is 7.80. The fraction of sp³-hybridized carbons (Fsp3) is 0.385. The molecule has 1 aliphatic carbocycles. The summed E-state index contributed by atoms with van der Waals surface area (Å²) in [6.07, 6.45) is 0.433. The summed E-state index contributed by atoms with van der Waals surface area (Å²) in [6.45, 7) is 3.72. The minimum Gasteiger partial charge on any atom is -0.332 e. The summed E-state index contributed by atoms with van der Waals surface area (Å²) >= 11 is 17.0. The van der Waals surface area contributed by atoms with Crippen molar-refractivity contribution in [3.63, 3.8) is 0 Å². The van der Waals surface area contributed by atoms with Crippen LogP contribution >= 0.6 is 35.4 Å². The van der Waals surface area contributed by atoms with E-state index in [1.165, 1.54) is 0 Å². The van der Waals surface area contributed by atoms with Crippen molar-refractivity contribution in [2.45, 2.75) is 24.6 Å². The van der Waals surface area contributed by atoms with Crippen LogP contribution in [0.25, 0.3) is 0 Å². The van der Waals surface area contributed by atoms with Gasteiger partial charge in [-0.25, -0.2) is 0 Å². The van der Waals surface area contributed by atoms with E-state index in [0.717, 1.165) is 11.3 Å². The first-order chi connectivity index (χ1) is 8.74. The van der Waals surface area contributed by atoms with E-state index in [9.17, 15) is 4.79 Å². The molecule has 1 aromatic carbocycles. The standard InChI is InChI=1S/C13H14Cl2N2OS/c1-8-3-5-9(6-4-8)16-11(19)17-10(18)12(2)7-13(12,14)15/h3-6H,7H2,1-2H3,(H2,16,17,18,19). The van der Waals surface area contributed by atoms with E-state index in [4.69, 9.17) is 35.4 Å². The predicted octanol–water partition coefficient (Wildman–Crippen LogP) is 3.39. The normalized spacial score (nSPS) is 23.6. The lowest BCUT2D eigenvalue weighted by Crippen LogP contribution is -2.40. The second-order valence-corrected chi connectivity index (χ2v) is 6.88. The van der Waals surface area contributed by atoms with Crippen molar-refractivity contribution in [1.29, 1.82) is 0 Å². The Morgan fingerprint density at radius 2 is 1.84 bits per heavy atom. The van der Waals surface area contributed by atoms with Gasteiger partial charge in [0, 0.05) is 5.69 Å². The number of benzene rings is 1. The zero-order chi connectivity index (χ0) is 14.3. The van der Waals surface area contributed by atoms with Crippen LogP contribution in [0.15, 0.2) is 24.3 Å². The first kappa shape index (κ1) is 14.6. The van der Waals surface area contributed by atoms with E-state index >= 15 is 0 Å². The van der Waals surface area contributed by atoms with Crippen molar-refractivity contribution in [3.05, 3.63) is 29.8 Å². The fourth-order valence-electron chi connectivity index (χ4n) is 1.69. The molecule has 0 aromatic heterocycles. The summed E-state index contributed by atoms with van der Waals surface area (Å²) in [7, 11) is 0. The van der Waals surface area contributed by atoms with Gasteiger partial charge in [0.25, 0.3) is 0 Å². The van der Waals surface area contributed by atoms with Crippen molar-refractivity contribution in [3.8, 4) is 0 Å². The number of alkyl halides is 2. The van der Waals surface area contributed by atoms with Crippen LogP contribution in [0, 0.1) is 12.3 Å². The highest BCUT2D eigenvalue weighted by Crippen LogP contribution is 2.63. The molecule has 0 aliphatic heterocycles. The summed E-state index contributed by atoms with van der Waals surface area (Å²) in [5.74, 6) is -0.262. The smallest absolute Gasteiger partial charge is 0.235 e. The third-order valence-corrected chi connectivity index (χ3v) is 4.60. The summed E-state index contributed by atoms with van der Waals surface area (Å²) in [6, 6.07) is 7.69. The first-order valence-corrected chi connectivity index (χ1v) is 6.98. The Labute approximate surface area is 127 Å². The first-order valence-electron chi connectivity index (χ1n) is 5.81. The van der Waals surface area contributed by atoms with Crippen molar-refractivity contribution < 1.29 is 4.79 Å². The molecule has 6 heteroatoms. The number of carbonyl (C=O) groups is 1. The number of amides is 1. The van der Waals surface area contributed by atoms with E-state index in [1.807, 2.05) is 31.2 Å². The van der Waals surface area contributed by atoms with E-state index in [0.29, 0.717) is 6.42 Å². The van der Waals surface area contributed by atoms with Gasteiger partial charge in [0.05, 0.1) is 5.41 Å². The van der Waals surface area contributed by atoms with Crippen LogP contribution in [0.2, 0.25) is 0 Å². The lowest BCUT2D eigenvalue weighted by molar-refractivity contribution is -0.124. The average Bonchev–Trinajstić information content (AvgIpc) is 2.83. The van der Waals surface area contributed by atoms with Crippen molar-refractivity contribution >= 4 is 52.1 Å². The van der Waals surface area contributed by atoms with Gasteiger partial charge >= 0.3 is 0 Å². The second-order valence-electron chi connectivity index (χ2n) is 4.99. The molecule has 1 unspecified atom stereocenters. The van der Waals surface area contributed by atoms with E-state index in [1.54, 1.807) is 6.92 Å². The largest absolute Gasteiger partial charge is 0.332 e. The van der Waals surface area contributed by atoms with Crippen molar-refractivity contribution in [2.75, 3.05) is 5.32 Å². The number of carbonyl (C=O) groups excluding carboxylic acids is 1. The molecule has 102 valence electrons. The molecule has 1 atom stereocenters.